The highest BCUT2D eigenvalue weighted by atomic mass is 79.9. The van der Waals surface area contributed by atoms with Crippen LogP contribution in [0.15, 0.2) is 39.6 Å². The second-order valence-electron chi connectivity index (χ2n) is 7.57. The fourth-order valence-electron chi connectivity index (χ4n) is 3.54. The van der Waals surface area contributed by atoms with E-state index >= 15 is 0 Å². The zero-order valence-electron chi connectivity index (χ0n) is 18.1. The number of amides is 2. The van der Waals surface area contributed by atoms with Crippen molar-refractivity contribution in [3.8, 4) is 0 Å². The summed E-state index contributed by atoms with van der Waals surface area (Å²) in [6, 6.07) is 8.10. The number of halogens is 2. The summed E-state index contributed by atoms with van der Waals surface area (Å²) >= 11 is 9.10. The fraction of sp³-hybridized carbons (Fsp3) is 0.381. The molecule has 1 saturated heterocycles. The van der Waals surface area contributed by atoms with Crippen LogP contribution in [-0.4, -0.2) is 66.2 Å². The van der Waals surface area contributed by atoms with E-state index < -0.39 is 34.0 Å². The van der Waals surface area contributed by atoms with Gasteiger partial charge < -0.3 is 20.3 Å². The topological polar surface area (TPSA) is 138 Å². The van der Waals surface area contributed by atoms with Gasteiger partial charge in [-0.3, -0.25) is 14.4 Å². The molecule has 3 rings (SSSR count). The predicted octanol–water partition coefficient (Wildman–Crippen LogP) is 0.952. The van der Waals surface area contributed by atoms with Gasteiger partial charge in [-0.1, -0.05) is 23.7 Å². The number of carbonyl (C=O) groups is 2. The van der Waals surface area contributed by atoms with Crippen LogP contribution in [0.25, 0.3) is 0 Å². The lowest BCUT2D eigenvalue weighted by Gasteiger charge is -2.17. The number of nitrogens with one attached hydrogen (secondary N) is 2. The van der Waals surface area contributed by atoms with Gasteiger partial charge in [0.15, 0.2) is 0 Å². The average Bonchev–Trinajstić information content (AvgIpc) is 3.13. The highest BCUT2D eigenvalue weighted by Crippen LogP contribution is 2.18. The quantitative estimate of drug-likeness (QED) is 0.407. The monoisotopic (exact) mass is 574 g/mol. The number of aliphatic hydroxyl groups excluding tert-OH is 1. The molecule has 1 aliphatic rings. The number of carbonyl (C=O) groups excluding carboxylic acids is 2. The van der Waals surface area contributed by atoms with Gasteiger partial charge in [0.05, 0.1) is 12.4 Å². The lowest BCUT2D eigenvalue weighted by atomic mass is 10.2. The Labute approximate surface area is 210 Å². The van der Waals surface area contributed by atoms with Gasteiger partial charge in [0, 0.05) is 42.2 Å². The maximum absolute atomic E-state index is 13.0. The van der Waals surface area contributed by atoms with Crippen LogP contribution in [0.2, 0.25) is 5.02 Å². The Morgan fingerprint density at radius 3 is 2.44 bits per heavy atom. The molecule has 1 aromatic heterocycles. The first-order valence-corrected chi connectivity index (χ1v) is 13.2. The molecule has 2 amide bonds. The Hall–Kier alpha value is -2.25. The highest BCUT2D eigenvalue weighted by Gasteiger charge is 2.28. The maximum atomic E-state index is 13.0. The molecule has 184 valence electrons. The molecule has 3 N–H and O–H groups in total. The Kier molecular flexibility index (Phi) is 8.88. The molecule has 2 aromatic rings. The number of aliphatic hydroxyl groups is 1. The van der Waals surface area contributed by atoms with E-state index in [1.165, 1.54) is 10.4 Å². The molecule has 0 saturated carbocycles. The van der Waals surface area contributed by atoms with Crippen molar-refractivity contribution in [2.45, 2.75) is 19.5 Å². The Bertz CT molecular complexity index is 1230. The molecule has 1 aliphatic heterocycles. The van der Waals surface area contributed by atoms with Crippen molar-refractivity contribution >= 4 is 49.4 Å². The van der Waals surface area contributed by atoms with E-state index in [-0.39, 0.29) is 47.7 Å². The number of hydrogen-bond acceptors (Lipinski definition) is 6. The summed E-state index contributed by atoms with van der Waals surface area (Å²) in [4.78, 5) is 38.5. The molecular weight excluding hydrogens is 552 g/mol. The number of nitrogens with zero attached hydrogens (tertiary/aromatic N) is 2. The Balaban J connectivity index is 1.75. The summed E-state index contributed by atoms with van der Waals surface area (Å²) in [7, 11) is -3.29. The van der Waals surface area contributed by atoms with Crippen LogP contribution in [-0.2, 0) is 23.1 Å². The van der Waals surface area contributed by atoms with Gasteiger partial charge in [-0.15, -0.1) is 0 Å². The standard InChI is InChI=1S/C21H24BrClN4O6S/c22-17-12-16(19(29)25-13-14-2-4-15(23)5-3-14)21(31)27(9-10-28)18(17)20(30)24-6-8-26-7-1-11-34(26,32)33/h2-5,12,28H,1,6-11,13H2,(H,24,30)(H,25,29). The summed E-state index contributed by atoms with van der Waals surface area (Å²) in [5.41, 5.74) is -0.229. The molecule has 1 aromatic carbocycles. The second-order valence-corrected chi connectivity index (χ2v) is 10.9. The second kappa shape index (κ2) is 11.5. The maximum Gasteiger partial charge on any atom is 0.269 e. The summed E-state index contributed by atoms with van der Waals surface area (Å²) in [6.07, 6.45) is 0.541. The van der Waals surface area contributed by atoms with E-state index in [1.807, 2.05) is 0 Å². The van der Waals surface area contributed by atoms with Crippen LogP contribution in [0.4, 0.5) is 0 Å². The van der Waals surface area contributed by atoms with Crippen molar-refractivity contribution in [1.82, 2.24) is 19.5 Å². The number of pyridine rings is 1. The molecular formula is C21H24BrClN4O6S. The minimum Gasteiger partial charge on any atom is -0.395 e. The summed E-state index contributed by atoms with van der Waals surface area (Å²) in [5.74, 6) is -1.19. The van der Waals surface area contributed by atoms with Crippen LogP contribution in [0, 0.1) is 0 Å². The predicted molar refractivity (Wildman–Crippen MR) is 130 cm³/mol. The van der Waals surface area contributed by atoms with Crippen LogP contribution in [0.1, 0.15) is 32.8 Å². The number of rotatable bonds is 9. The van der Waals surface area contributed by atoms with Crippen LogP contribution >= 0.6 is 27.5 Å². The number of hydrogen-bond donors (Lipinski definition) is 3. The fourth-order valence-corrected chi connectivity index (χ4v) is 5.82. The molecule has 34 heavy (non-hydrogen) atoms. The van der Waals surface area contributed by atoms with E-state index in [2.05, 4.69) is 26.6 Å². The summed E-state index contributed by atoms with van der Waals surface area (Å²) in [5, 5.41) is 15.2. The third-order valence-corrected chi connectivity index (χ3v) is 8.06. The number of benzene rings is 1. The third kappa shape index (κ3) is 6.25. The van der Waals surface area contributed by atoms with Gasteiger partial charge in [-0.05, 0) is 46.1 Å². The zero-order valence-corrected chi connectivity index (χ0v) is 21.2. The van der Waals surface area contributed by atoms with Crippen molar-refractivity contribution in [3.05, 3.63) is 67.0 Å². The average molecular weight is 576 g/mol. The molecule has 13 heteroatoms. The molecule has 0 aliphatic carbocycles. The molecule has 10 nitrogen and oxygen atoms in total. The number of aromatic nitrogens is 1. The molecule has 1 fully saturated rings. The van der Waals surface area contributed by atoms with Crippen molar-refractivity contribution in [1.29, 1.82) is 0 Å². The van der Waals surface area contributed by atoms with Crippen LogP contribution in [0.5, 0.6) is 0 Å². The van der Waals surface area contributed by atoms with Gasteiger partial charge in [0.1, 0.15) is 11.3 Å². The smallest absolute Gasteiger partial charge is 0.269 e. The van der Waals surface area contributed by atoms with Crippen molar-refractivity contribution < 1.29 is 23.1 Å². The van der Waals surface area contributed by atoms with Gasteiger partial charge in [-0.25, -0.2) is 12.7 Å². The van der Waals surface area contributed by atoms with Crippen molar-refractivity contribution in [2.24, 2.45) is 0 Å². The molecule has 0 unspecified atom stereocenters. The van der Waals surface area contributed by atoms with E-state index in [0.29, 0.717) is 18.0 Å². The summed E-state index contributed by atoms with van der Waals surface area (Å²) in [6.45, 7) is 0.0708. The first kappa shape index (κ1) is 26.4. The first-order valence-electron chi connectivity index (χ1n) is 10.5. The highest BCUT2D eigenvalue weighted by molar-refractivity contribution is 9.10. The normalized spacial score (nSPS) is 15.3. The van der Waals surface area contributed by atoms with E-state index in [1.54, 1.807) is 24.3 Å². The lowest BCUT2D eigenvalue weighted by molar-refractivity contribution is 0.0926. The van der Waals surface area contributed by atoms with Gasteiger partial charge in [0.2, 0.25) is 10.0 Å². The van der Waals surface area contributed by atoms with E-state index in [4.69, 9.17) is 11.6 Å². The number of sulfonamides is 1. The summed E-state index contributed by atoms with van der Waals surface area (Å²) < 4.78 is 26.3. The van der Waals surface area contributed by atoms with E-state index in [0.717, 1.165) is 10.1 Å². The Morgan fingerprint density at radius 1 is 1.12 bits per heavy atom. The third-order valence-electron chi connectivity index (χ3n) is 5.24. The van der Waals surface area contributed by atoms with Crippen LogP contribution in [0.3, 0.4) is 0 Å². The molecule has 0 bridgehead atoms. The van der Waals surface area contributed by atoms with Crippen molar-refractivity contribution in [3.63, 3.8) is 0 Å². The molecule has 0 spiro atoms. The Morgan fingerprint density at radius 2 is 1.82 bits per heavy atom. The largest absolute Gasteiger partial charge is 0.395 e. The molecule has 0 radical (unpaired) electrons. The molecule has 0 atom stereocenters. The van der Waals surface area contributed by atoms with Crippen LogP contribution < -0.4 is 16.2 Å². The zero-order chi connectivity index (χ0) is 24.9. The van der Waals surface area contributed by atoms with E-state index in [9.17, 15) is 27.9 Å². The first-order chi connectivity index (χ1) is 16.1. The minimum absolute atomic E-state index is 0.0428. The lowest BCUT2D eigenvalue weighted by Crippen LogP contribution is -2.40. The van der Waals surface area contributed by atoms with Crippen molar-refractivity contribution in [2.75, 3.05) is 32.0 Å². The SMILES string of the molecule is O=C(NCc1ccc(Cl)cc1)c1cc(Br)c(C(=O)NCCN2CCCS2(=O)=O)n(CCO)c1=O. The van der Waals surface area contributed by atoms with Gasteiger partial charge in [0.25, 0.3) is 17.4 Å². The van der Waals surface area contributed by atoms with Gasteiger partial charge >= 0.3 is 0 Å². The molecule has 2 heterocycles. The van der Waals surface area contributed by atoms with Gasteiger partial charge in [-0.2, -0.15) is 0 Å². The minimum atomic E-state index is -3.29.